The van der Waals surface area contributed by atoms with Gasteiger partial charge in [0.1, 0.15) is 0 Å². The first kappa shape index (κ1) is 25.4. The Bertz CT molecular complexity index is 891. The molecule has 0 bridgehead atoms. The van der Waals surface area contributed by atoms with Gasteiger partial charge < -0.3 is 14.9 Å². The van der Waals surface area contributed by atoms with E-state index in [4.69, 9.17) is 4.74 Å². The lowest BCUT2D eigenvalue weighted by Gasteiger charge is -2.62. The summed E-state index contributed by atoms with van der Waals surface area (Å²) in [5, 5.41) is 21.1. The summed E-state index contributed by atoms with van der Waals surface area (Å²) in [6.45, 7) is 10.3. The van der Waals surface area contributed by atoms with Crippen LogP contribution < -0.4 is 0 Å². The quantitative estimate of drug-likeness (QED) is 0.530. The fourth-order valence-electron chi connectivity index (χ4n) is 8.71. The molecule has 2 N–H and O–H groups in total. The van der Waals surface area contributed by atoms with Gasteiger partial charge in [-0.1, -0.05) is 26.3 Å². The lowest BCUT2D eigenvalue weighted by Crippen LogP contribution is -2.60. The molecule has 0 aromatic rings. The second-order valence-corrected chi connectivity index (χ2v) is 12.2. The Morgan fingerprint density at radius 1 is 1.15 bits per heavy atom. The minimum Gasteiger partial charge on any atom is -0.481 e. The van der Waals surface area contributed by atoms with Crippen LogP contribution in [0, 0.1) is 40.4 Å². The van der Waals surface area contributed by atoms with E-state index in [1.54, 1.807) is 0 Å². The van der Waals surface area contributed by atoms with Crippen LogP contribution >= 0.6 is 0 Å². The number of carboxylic acid groups (broad SMARTS) is 1. The molecule has 4 rings (SSSR count). The zero-order valence-corrected chi connectivity index (χ0v) is 21.4. The molecular formula is C28H42O6. The van der Waals surface area contributed by atoms with Crippen LogP contribution in [0.3, 0.4) is 0 Å². The normalized spacial score (nSPS) is 43.6. The van der Waals surface area contributed by atoms with Gasteiger partial charge in [0.15, 0.2) is 5.78 Å². The van der Waals surface area contributed by atoms with Crippen LogP contribution in [-0.2, 0) is 19.1 Å². The van der Waals surface area contributed by atoms with E-state index in [2.05, 4.69) is 20.8 Å². The average molecular weight is 475 g/mol. The smallest absolute Gasteiger partial charge is 0.310 e. The van der Waals surface area contributed by atoms with Gasteiger partial charge in [0.25, 0.3) is 0 Å². The predicted molar refractivity (Wildman–Crippen MR) is 128 cm³/mol. The molecular weight excluding hydrogens is 432 g/mol. The summed E-state index contributed by atoms with van der Waals surface area (Å²) in [5.74, 6) is -0.854. The highest BCUT2D eigenvalue weighted by Gasteiger charge is 2.67. The first-order valence-corrected chi connectivity index (χ1v) is 13.3. The van der Waals surface area contributed by atoms with Crippen LogP contribution in [-0.4, -0.2) is 39.6 Å². The van der Waals surface area contributed by atoms with E-state index in [0.717, 1.165) is 37.7 Å². The van der Waals surface area contributed by atoms with Crippen molar-refractivity contribution >= 4 is 17.7 Å². The number of carboxylic acids is 1. The van der Waals surface area contributed by atoms with Crippen LogP contribution in [0.5, 0.6) is 0 Å². The monoisotopic (exact) mass is 474 g/mol. The summed E-state index contributed by atoms with van der Waals surface area (Å²) in [7, 11) is 0. The number of carbonyl (C=O) groups is 3. The van der Waals surface area contributed by atoms with E-state index in [1.165, 1.54) is 0 Å². The lowest BCUT2D eigenvalue weighted by molar-refractivity contribution is -0.179. The van der Waals surface area contributed by atoms with Crippen molar-refractivity contribution in [1.29, 1.82) is 0 Å². The standard InChI is InChI=1S/C28H42O6/c1-6-18-21-15-17(29)7-11-26(21,4)19-8-12-27(5)20(9-13-28(27,33)14-10-22(30)31)24(19)23(18)25(32)34-16(2)3/h15-16,18-20,23-24,33H,6-14H2,1-5H3,(H,30,31)/t18?,19-,20-,23?,24+,26+,27-,28-/m0/s1. The van der Waals surface area contributed by atoms with Gasteiger partial charge >= 0.3 is 11.9 Å². The Morgan fingerprint density at radius 3 is 2.44 bits per heavy atom. The SMILES string of the molecule is CCC1C2=CC(=O)CC[C@]2(C)[C@H]2CC[C@@]3(C)[C@@H](CC[C@]3(O)CCC(=O)O)[C@@H]2C1C(=O)OC(C)C. The van der Waals surface area contributed by atoms with Crippen molar-refractivity contribution in [1.82, 2.24) is 0 Å². The number of rotatable bonds is 6. The number of fused-ring (bicyclic) bond motifs is 5. The van der Waals surface area contributed by atoms with Gasteiger partial charge in [-0.2, -0.15) is 0 Å². The van der Waals surface area contributed by atoms with E-state index in [9.17, 15) is 24.6 Å². The maximum absolute atomic E-state index is 13.7. The van der Waals surface area contributed by atoms with E-state index < -0.39 is 17.0 Å². The summed E-state index contributed by atoms with van der Waals surface area (Å²) in [5.41, 5.74) is -0.451. The van der Waals surface area contributed by atoms with Gasteiger partial charge in [-0.3, -0.25) is 14.4 Å². The van der Waals surface area contributed by atoms with Crippen LogP contribution in [0.1, 0.15) is 92.4 Å². The minimum absolute atomic E-state index is 0.0446. The van der Waals surface area contributed by atoms with Gasteiger partial charge in [-0.25, -0.2) is 0 Å². The van der Waals surface area contributed by atoms with Gasteiger partial charge in [0, 0.05) is 12.8 Å². The number of carbonyl (C=O) groups excluding carboxylic acids is 2. The van der Waals surface area contributed by atoms with Gasteiger partial charge in [0.2, 0.25) is 0 Å². The first-order valence-electron chi connectivity index (χ1n) is 13.3. The third-order valence-electron chi connectivity index (χ3n) is 10.4. The highest BCUT2D eigenvalue weighted by Crippen LogP contribution is 2.70. The molecule has 4 aliphatic carbocycles. The fourth-order valence-corrected chi connectivity index (χ4v) is 8.71. The topological polar surface area (TPSA) is 101 Å². The van der Waals surface area contributed by atoms with E-state index in [0.29, 0.717) is 12.8 Å². The zero-order chi connectivity index (χ0) is 25.1. The Hall–Kier alpha value is -1.69. The molecule has 0 spiro atoms. The maximum Gasteiger partial charge on any atom is 0.310 e. The summed E-state index contributed by atoms with van der Waals surface area (Å²) in [4.78, 5) is 37.5. The zero-order valence-electron chi connectivity index (χ0n) is 21.4. The molecule has 3 saturated carbocycles. The number of hydrogen-bond donors (Lipinski definition) is 2. The van der Waals surface area contributed by atoms with Crippen LogP contribution in [0.4, 0.5) is 0 Å². The third-order valence-corrected chi connectivity index (χ3v) is 10.4. The van der Waals surface area contributed by atoms with Gasteiger partial charge in [-0.15, -0.1) is 0 Å². The number of allylic oxidation sites excluding steroid dienone is 1. The molecule has 0 aromatic heterocycles. The van der Waals surface area contributed by atoms with Crippen molar-refractivity contribution < 1.29 is 29.3 Å². The molecule has 0 aliphatic heterocycles. The molecule has 8 atom stereocenters. The van der Waals surface area contributed by atoms with Crippen LogP contribution in [0.25, 0.3) is 0 Å². The van der Waals surface area contributed by atoms with Crippen molar-refractivity contribution in [3.63, 3.8) is 0 Å². The molecule has 0 amide bonds. The number of esters is 1. The molecule has 0 heterocycles. The number of ketones is 1. The average Bonchev–Trinajstić information content (AvgIpc) is 3.02. The Labute approximate surface area is 203 Å². The van der Waals surface area contributed by atoms with E-state index in [1.807, 2.05) is 19.9 Å². The number of hydrogen-bond acceptors (Lipinski definition) is 5. The molecule has 34 heavy (non-hydrogen) atoms. The molecule has 2 unspecified atom stereocenters. The number of aliphatic carboxylic acids is 1. The molecule has 190 valence electrons. The van der Waals surface area contributed by atoms with E-state index in [-0.39, 0.29) is 65.7 Å². The molecule has 0 saturated heterocycles. The van der Waals surface area contributed by atoms with Crippen molar-refractivity contribution in [3.05, 3.63) is 11.6 Å². The molecule has 6 nitrogen and oxygen atoms in total. The summed E-state index contributed by atoms with van der Waals surface area (Å²) in [6.07, 6.45) is 7.01. The Morgan fingerprint density at radius 2 is 1.82 bits per heavy atom. The largest absolute Gasteiger partial charge is 0.481 e. The van der Waals surface area contributed by atoms with Crippen molar-refractivity contribution in [2.75, 3.05) is 0 Å². The molecule has 4 aliphatic rings. The minimum atomic E-state index is -1.03. The molecule has 0 aromatic carbocycles. The third kappa shape index (κ3) is 3.75. The Kier molecular flexibility index (Phi) is 6.54. The van der Waals surface area contributed by atoms with Crippen LogP contribution in [0.15, 0.2) is 11.6 Å². The van der Waals surface area contributed by atoms with Gasteiger partial charge in [0.05, 0.1) is 17.6 Å². The number of ether oxygens (including phenoxy) is 1. The van der Waals surface area contributed by atoms with Crippen molar-refractivity contribution in [3.8, 4) is 0 Å². The number of aliphatic hydroxyl groups is 1. The highest BCUT2D eigenvalue weighted by molar-refractivity contribution is 5.92. The lowest BCUT2D eigenvalue weighted by atomic mass is 9.41. The van der Waals surface area contributed by atoms with Crippen LogP contribution in [0.2, 0.25) is 0 Å². The fraction of sp³-hybridized carbons (Fsp3) is 0.821. The van der Waals surface area contributed by atoms with Crippen molar-refractivity contribution in [2.45, 2.75) is 104 Å². The van der Waals surface area contributed by atoms with Crippen molar-refractivity contribution in [2.24, 2.45) is 40.4 Å². The van der Waals surface area contributed by atoms with Gasteiger partial charge in [-0.05, 0) is 99.4 Å². The van der Waals surface area contributed by atoms with E-state index >= 15 is 0 Å². The summed E-state index contributed by atoms with van der Waals surface area (Å²) >= 11 is 0. The molecule has 3 fully saturated rings. The maximum atomic E-state index is 13.7. The summed E-state index contributed by atoms with van der Waals surface area (Å²) in [6, 6.07) is 0. The highest BCUT2D eigenvalue weighted by atomic mass is 16.5. The summed E-state index contributed by atoms with van der Waals surface area (Å²) < 4.78 is 5.83. The Balaban J connectivity index is 1.81. The second-order valence-electron chi connectivity index (χ2n) is 12.2. The first-order chi connectivity index (χ1) is 15.9. The molecule has 6 heteroatoms. The second kappa shape index (κ2) is 8.76. The molecule has 0 radical (unpaired) electrons. The predicted octanol–water partition coefficient (Wildman–Crippen LogP) is 4.93.